The molecule has 1 heterocycles. The SMILES string of the molecule is CCNc1cc(C(=O)N(CC#N)CC#N)cc(C(C)C)n1. The summed E-state index contributed by atoms with van der Waals surface area (Å²) < 4.78 is 0. The highest BCUT2D eigenvalue weighted by Gasteiger charge is 2.18. The first-order valence-corrected chi connectivity index (χ1v) is 6.82. The molecule has 1 aromatic heterocycles. The van der Waals surface area contributed by atoms with Crippen LogP contribution in [0.2, 0.25) is 0 Å². The Kier molecular flexibility index (Phi) is 6.16. The average Bonchev–Trinajstić information content (AvgIpc) is 2.46. The quantitative estimate of drug-likeness (QED) is 0.808. The maximum absolute atomic E-state index is 12.4. The van der Waals surface area contributed by atoms with Gasteiger partial charge in [0.1, 0.15) is 18.9 Å². The lowest BCUT2D eigenvalue weighted by Crippen LogP contribution is -2.32. The molecule has 0 bridgehead atoms. The first kappa shape index (κ1) is 16.5. The summed E-state index contributed by atoms with van der Waals surface area (Å²) >= 11 is 0. The van der Waals surface area contributed by atoms with Crippen LogP contribution in [0.4, 0.5) is 5.82 Å². The standard InChI is InChI=1S/C15H19N5O/c1-4-18-14-10-12(9-13(19-14)11(2)3)15(21)20(7-5-16)8-6-17/h9-11H,4,7-8H2,1-3H3,(H,18,19). The third-order valence-corrected chi connectivity index (χ3v) is 2.85. The summed E-state index contributed by atoms with van der Waals surface area (Å²) in [7, 11) is 0. The number of hydrogen-bond donors (Lipinski definition) is 1. The van der Waals surface area contributed by atoms with Crippen LogP contribution in [0.1, 0.15) is 42.7 Å². The molecule has 0 unspecified atom stereocenters. The van der Waals surface area contributed by atoms with Gasteiger partial charge >= 0.3 is 0 Å². The topological polar surface area (TPSA) is 92.8 Å². The van der Waals surface area contributed by atoms with Crippen LogP contribution >= 0.6 is 0 Å². The minimum Gasteiger partial charge on any atom is -0.370 e. The van der Waals surface area contributed by atoms with Gasteiger partial charge in [-0.2, -0.15) is 10.5 Å². The molecular formula is C15H19N5O. The van der Waals surface area contributed by atoms with Crippen molar-refractivity contribution in [1.82, 2.24) is 9.88 Å². The fraction of sp³-hybridized carbons (Fsp3) is 0.467. The summed E-state index contributed by atoms with van der Waals surface area (Å²) in [6, 6.07) is 7.18. The van der Waals surface area contributed by atoms with E-state index in [4.69, 9.17) is 10.5 Å². The zero-order valence-electron chi connectivity index (χ0n) is 12.6. The molecule has 0 saturated carbocycles. The van der Waals surface area contributed by atoms with Gasteiger partial charge in [0.15, 0.2) is 0 Å². The normalized spacial score (nSPS) is 9.81. The fourth-order valence-electron chi connectivity index (χ4n) is 1.80. The Labute approximate surface area is 125 Å². The molecule has 0 atom stereocenters. The van der Waals surface area contributed by atoms with E-state index < -0.39 is 0 Å². The number of anilines is 1. The van der Waals surface area contributed by atoms with Gasteiger partial charge < -0.3 is 10.2 Å². The van der Waals surface area contributed by atoms with Crippen LogP contribution in [0, 0.1) is 22.7 Å². The summed E-state index contributed by atoms with van der Waals surface area (Å²) in [5.74, 6) is 0.470. The van der Waals surface area contributed by atoms with Gasteiger partial charge in [-0.3, -0.25) is 4.79 Å². The predicted molar refractivity (Wildman–Crippen MR) is 79.6 cm³/mol. The number of amides is 1. The van der Waals surface area contributed by atoms with Gasteiger partial charge in [-0.1, -0.05) is 13.8 Å². The number of hydrogen-bond acceptors (Lipinski definition) is 5. The summed E-state index contributed by atoms with van der Waals surface area (Å²) in [6.45, 7) is 6.42. The summed E-state index contributed by atoms with van der Waals surface area (Å²) in [5.41, 5.74) is 1.24. The lowest BCUT2D eigenvalue weighted by atomic mass is 10.1. The van der Waals surface area contributed by atoms with Gasteiger partial charge in [0.05, 0.1) is 12.1 Å². The monoisotopic (exact) mass is 285 g/mol. The molecule has 0 aliphatic rings. The zero-order valence-corrected chi connectivity index (χ0v) is 12.6. The van der Waals surface area contributed by atoms with Gasteiger partial charge in [0, 0.05) is 17.8 Å². The molecule has 21 heavy (non-hydrogen) atoms. The number of carbonyl (C=O) groups is 1. The van der Waals surface area contributed by atoms with Gasteiger partial charge in [-0.25, -0.2) is 4.98 Å². The van der Waals surface area contributed by atoms with Gasteiger partial charge in [0.2, 0.25) is 0 Å². The Morgan fingerprint density at radius 3 is 2.43 bits per heavy atom. The van der Waals surface area contributed by atoms with E-state index in [0.717, 1.165) is 5.69 Å². The van der Waals surface area contributed by atoms with E-state index in [1.807, 2.05) is 32.9 Å². The minimum absolute atomic E-state index is 0.109. The van der Waals surface area contributed by atoms with Crippen LogP contribution in [0.25, 0.3) is 0 Å². The molecular weight excluding hydrogens is 266 g/mol. The predicted octanol–water partition coefficient (Wildman–Crippen LogP) is 2.13. The smallest absolute Gasteiger partial charge is 0.255 e. The highest BCUT2D eigenvalue weighted by atomic mass is 16.2. The van der Waals surface area contributed by atoms with Crippen molar-refractivity contribution < 1.29 is 4.79 Å². The second-order valence-electron chi connectivity index (χ2n) is 4.83. The van der Waals surface area contributed by atoms with Crippen LogP contribution in [0.15, 0.2) is 12.1 Å². The van der Waals surface area contributed by atoms with Crippen molar-refractivity contribution in [3.05, 3.63) is 23.4 Å². The van der Waals surface area contributed by atoms with E-state index >= 15 is 0 Å². The highest BCUT2D eigenvalue weighted by Crippen LogP contribution is 2.18. The van der Waals surface area contributed by atoms with E-state index in [1.165, 1.54) is 4.90 Å². The van der Waals surface area contributed by atoms with E-state index in [2.05, 4.69) is 10.3 Å². The molecule has 0 radical (unpaired) electrons. The average molecular weight is 285 g/mol. The Morgan fingerprint density at radius 2 is 1.95 bits per heavy atom. The molecule has 6 nitrogen and oxygen atoms in total. The number of nitrogens with zero attached hydrogens (tertiary/aromatic N) is 4. The van der Waals surface area contributed by atoms with Crippen LogP contribution in [-0.2, 0) is 0 Å². The lowest BCUT2D eigenvalue weighted by molar-refractivity contribution is 0.0794. The zero-order chi connectivity index (χ0) is 15.8. The second-order valence-corrected chi connectivity index (χ2v) is 4.83. The second kappa shape index (κ2) is 7.86. The Morgan fingerprint density at radius 1 is 1.33 bits per heavy atom. The van der Waals surface area contributed by atoms with Crippen molar-refractivity contribution in [2.45, 2.75) is 26.7 Å². The van der Waals surface area contributed by atoms with Gasteiger partial charge in [-0.15, -0.1) is 0 Å². The van der Waals surface area contributed by atoms with E-state index in [0.29, 0.717) is 17.9 Å². The molecule has 1 rings (SSSR count). The first-order chi connectivity index (χ1) is 10.0. The lowest BCUT2D eigenvalue weighted by Gasteiger charge is -2.17. The van der Waals surface area contributed by atoms with Crippen molar-refractivity contribution in [1.29, 1.82) is 10.5 Å². The molecule has 0 spiro atoms. The summed E-state index contributed by atoms with van der Waals surface area (Å²) in [5, 5.41) is 20.6. The Bertz CT molecular complexity index is 567. The van der Waals surface area contributed by atoms with Crippen LogP contribution in [-0.4, -0.2) is 35.4 Å². The van der Waals surface area contributed by atoms with Crippen molar-refractivity contribution in [2.24, 2.45) is 0 Å². The van der Waals surface area contributed by atoms with Crippen molar-refractivity contribution in [3.63, 3.8) is 0 Å². The largest absolute Gasteiger partial charge is 0.370 e. The number of nitrogens with one attached hydrogen (secondary N) is 1. The number of aromatic nitrogens is 1. The maximum Gasteiger partial charge on any atom is 0.255 e. The van der Waals surface area contributed by atoms with Crippen molar-refractivity contribution >= 4 is 11.7 Å². The van der Waals surface area contributed by atoms with Crippen LogP contribution < -0.4 is 5.32 Å². The Hall–Kier alpha value is -2.60. The number of nitriles is 2. The highest BCUT2D eigenvalue weighted by molar-refractivity contribution is 5.95. The summed E-state index contributed by atoms with van der Waals surface area (Å²) in [6.07, 6.45) is 0. The van der Waals surface area contributed by atoms with Gasteiger partial charge in [-0.05, 0) is 25.0 Å². The van der Waals surface area contributed by atoms with Crippen LogP contribution in [0.5, 0.6) is 0 Å². The number of rotatable bonds is 6. The molecule has 1 amide bonds. The van der Waals surface area contributed by atoms with Crippen molar-refractivity contribution in [3.8, 4) is 12.1 Å². The fourth-order valence-corrected chi connectivity index (χ4v) is 1.80. The van der Waals surface area contributed by atoms with Crippen molar-refractivity contribution in [2.75, 3.05) is 25.0 Å². The molecule has 0 saturated heterocycles. The molecule has 1 aromatic rings. The first-order valence-electron chi connectivity index (χ1n) is 6.82. The third kappa shape index (κ3) is 4.47. The molecule has 0 aromatic carbocycles. The molecule has 0 fully saturated rings. The third-order valence-electron chi connectivity index (χ3n) is 2.85. The number of carbonyl (C=O) groups excluding carboxylic acids is 1. The molecule has 1 N–H and O–H groups in total. The molecule has 0 aliphatic carbocycles. The van der Waals surface area contributed by atoms with E-state index in [-0.39, 0.29) is 24.9 Å². The van der Waals surface area contributed by atoms with Gasteiger partial charge in [0.25, 0.3) is 5.91 Å². The Balaban J connectivity index is 3.18. The van der Waals surface area contributed by atoms with E-state index in [1.54, 1.807) is 12.1 Å². The van der Waals surface area contributed by atoms with E-state index in [9.17, 15) is 4.79 Å². The maximum atomic E-state index is 12.4. The molecule has 110 valence electrons. The molecule has 6 heteroatoms. The van der Waals surface area contributed by atoms with Crippen LogP contribution in [0.3, 0.4) is 0 Å². The number of pyridine rings is 1. The minimum atomic E-state index is -0.332. The molecule has 0 aliphatic heterocycles. The summed E-state index contributed by atoms with van der Waals surface area (Å²) in [4.78, 5) is 18.1.